The van der Waals surface area contributed by atoms with Crippen LogP contribution in [0.5, 0.6) is 0 Å². The van der Waals surface area contributed by atoms with Crippen molar-refractivity contribution in [2.75, 3.05) is 0 Å². The molecule has 106 valence electrons. The summed E-state index contributed by atoms with van der Waals surface area (Å²) >= 11 is 0. The molecule has 0 aromatic heterocycles. The molecule has 1 heteroatoms. The maximum atomic E-state index is 6.22. The van der Waals surface area contributed by atoms with E-state index < -0.39 is 0 Å². The van der Waals surface area contributed by atoms with Crippen molar-refractivity contribution in [2.24, 2.45) is 5.73 Å². The average molecular weight is 267 g/mol. The van der Waals surface area contributed by atoms with E-state index in [9.17, 15) is 0 Å². The zero-order valence-corrected chi connectivity index (χ0v) is 12.5. The second kappa shape index (κ2) is 7.25. The maximum absolute atomic E-state index is 6.22. The van der Waals surface area contributed by atoms with Gasteiger partial charge in [0.2, 0.25) is 0 Å². The molecule has 1 atom stereocenters. The lowest BCUT2D eigenvalue weighted by atomic mass is 9.97. The zero-order valence-electron chi connectivity index (χ0n) is 12.5. The van der Waals surface area contributed by atoms with Gasteiger partial charge < -0.3 is 5.73 Å². The van der Waals surface area contributed by atoms with Gasteiger partial charge in [-0.25, -0.2) is 0 Å². The molecule has 0 spiro atoms. The Hall–Kier alpha value is -1.60. The first-order valence-corrected chi connectivity index (χ1v) is 7.56. The van der Waals surface area contributed by atoms with Crippen molar-refractivity contribution < 1.29 is 0 Å². The minimum atomic E-state index is 0.158. The van der Waals surface area contributed by atoms with E-state index in [-0.39, 0.29) is 6.04 Å². The summed E-state index contributed by atoms with van der Waals surface area (Å²) in [5.41, 5.74) is 10.3. The van der Waals surface area contributed by atoms with Crippen LogP contribution in [0.4, 0.5) is 0 Å². The standard InChI is InChI=1S/C19H25N/c1-15(2)17-13-11-16(12-14-17)7-6-10-19(20)18-8-4-3-5-9-18/h3-5,8-9,11-15,19H,6-7,10,20H2,1-2H3. The molecule has 2 aromatic carbocycles. The molecule has 0 heterocycles. The first-order chi connectivity index (χ1) is 9.66. The molecule has 0 aliphatic carbocycles. The van der Waals surface area contributed by atoms with E-state index in [1.165, 1.54) is 16.7 Å². The third-order valence-electron chi connectivity index (χ3n) is 3.85. The molecule has 0 saturated carbocycles. The lowest BCUT2D eigenvalue weighted by Gasteiger charge is -2.12. The molecule has 2 N–H and O–H groups in total. The Morgan fingerprint density at radius 1 is 0.850 bits per heavy atom. The summed E-state index contributed by atoms with van der Waals surface area (Å²) in [6.45, 7) is 4.46. The Morgan fingerprint density at radius 2 is 1.50 bits per heavy atom. The minimum Gasteiger partial charge on any atom is -0.324 e. The Balaban J connectivity index is 1.81. The number of rotatable bonds is 6. The van der Waals surface area contributed by atoms with Crippen LogP contribution in [-0.4, -0.2) is 0 Å². The Kier molecular flexibility index (Phi) is 5.37. The number of hydrogen-bond acceptors (Lipinski definition) is 1. The van der Waals surface area contributed by atoms with Crippen molar-refractivity contribution in [1.82, 2.24) is 0 Å². The molecule has 2 rings (SSSR count). The van der Waals surface area contributed by atoms with Gasteiger partial charge in [0.05, 0.1) is 0 Å². The van der Waals surface area contributed by atoms with Gasteiger partial charge in [-0.2, -0.15) is 0 Å². The summed E-state index contributed by atoms with van der Waals surface area (Å²) < 4.78 is 0. The predicted molar refractivity (Wildman–Crippen MR) is 86.8 cm³/mol. The molecule has 0 radical (unpaired) electrons. The maximum Gasteiger partial charge on any atom is 0.0294 e. The topological polar surface area (TPSA) is 26.0 Å². The smallest absolute Gasteiger partial charge is 0.0294 e. The highest BCUT2D eigenvalue weighted by atomic mass is 14.6. The number of aryl methyl sites for hydroxylation is 1. The van der Waals surface area contributed by atoms with Crippen molar-refractivity contribution in [1.29, 1.82) is 0 Å². The molecular weight excluding hydrogens is 242 g/mol. The second-order valence-electron chi connectivity index (χ2n) is 5.81. The fourth-order valence-electron chi connectivity index (χ4n) is 2.46. The highest BCUT2D eigenvalue weighted by Gasteiger charge is 2.05. The van der Waals surface area contributed by atoms with Gasteiger partial charge in [-0.3, -0.25) is 0 Å². The van der Waals surface area contributed by atoms with E-state index in [4.69, 9.17) is 5.73 Å². The minimum absolute atomic E-state index is 0.158. The molecule has 20 heavy (non-hydrogen) atoms. The molecule has 2 aromatic rings. The summed E-state index contributed by atoms with van der Waals surface area (Å²) in [5.74, 6) is 0.607. The van der Waals surface area contributed by atoms with E-state index in [1.54, 1.807) is 0 Å². The van der Waals surface area contributed by atoms with Crippen molar-refractivity contribution >= 4 is 0 Å². The van der Waals surface area contributed by atoms with Gasteiger partial charge in [-0.05, 0) is 41.9 Å². The van der Waals surface area contributed by atoms with Crippen LogP contribution in [0, 0.1) is 0 Å². The fourth-order valence-corrected chi connectivity index (χ4v) is 2.46. The van der Waals surface area contributed by atoms with E-state index in [2.05, 4.69) is 62.4 Å². The third kappa shape index (κ3) is 4.21. The molecule has 0 bridgehead atoms. The van der Waals surface area contributed by atoms with Crippen molar-refractivity contribution in [3.05, 3.63) is 71.3 Å². The van der Waals surface area contributed by atoms with Gasteiger partial charge in [0.1, 0.15) is 0 Å². The van der Waals surface area contributed by atoms with E-state index in [0.717, 1.165) is 19.3 Å². The first-order valence-electron chi connectivity index (χ1n) is 7.56. The normalized spacial score (nSPS) is 12.6. The van der Waals surface area contributed by atoms with Crippen LogP contribution in [0.2, 0.25) is 0 Å². The van der Waals surface area contributed by atoms with E-state index >= 15 is 0 Å². The van der Waals surface area contributed by atoms with Crippen LogP contribution in [0.25, 0.3) is 0 Å². The van der Waals surface area contributed by atoms with Gasteiger partial charge in [-0.1, -0.05) is 68.4 Å². The lowest BCUT2D eigenvalue weighted by Crippen LogP contribution is -2.10. The molecule has 0 amide bonds. The average Bonchev–Trinajstić information content (AvgIpc) is 2.48. The van der Waals surface area contributed by atoms with Crippen LogP contribution in [0.1, 0.15) is 55.3 Å². The summed E-state index contributed by atoms with van der Waals surface area (Å²) in [5, 5.41) is 0. The van der Waals surface area contributed by atoms with Crippen molar-refractivity contribution in [3.8, 4) is 0 Å². The number of benzene rings is 2. The molecular formula is C19H25N. The highest BCUT2D eigenvalue weighted by molar-refractivity contribution is 5.25. The Bertz CT molecular complexity index is 499. The molecule has 0 saturated heterocycles. The number of nitrogens with two attached hydrogens (primary N) is 1. The summed E-state index contributed by atoms with van der Waals surface area (Å²) in [6, 6.07) is 19.5. The Labute approximate surface area is 122 Å². The van der Waals surface area contributed by atoms with Gasteiger partial charge in [0.25, 0.3) is 0 Å². The largest absolute Gasteiger partial charge is 0.324 e. The third-order valence-corrected chi connectivity index (χ3v) is 3.85. The summed E-state index contributed by atoms with van der Waals surface area (Å²) in [7, 11) is 0. The van der Waals surface area contributed by atoms with E-state index in [0.29, 0.717) is 5.92 Å². The van der Waals surface area contributed by atoms with Gasteiger partial charge in [-0.15, -0.1) is 0 Å². The SMILES string of the molecule is CC(C)c1ccc(CCCC(N)c2ccccc2)cc1. The van der Waals surface area contributed by atoms with Crippen LogP contribution in [0.3, 0.4) is 0 Å². The summed E-state index contributed by atoms with van der Waals surface area (Å²) in [6.07, 6.45) is 3.28. The van der Waals surface area contributed by atoms with Crippen LogP contribution in [0.15, 0.2) is 54.6 Å². The van der Waals surface area contributed by atoms with Gasteiger partial charge >= 0.3 is 0 Å². The second-order valence-corrected chi connectivity index (χ2v) is 5.81. The fraction of sp³-hybridized carbons (Fsp3) is 0.368. The lowest BCUT2D eigenvalue weighted by molar-refractivity contribution is 0.611. The number of hydrogen-bond donors (Lipinski definition) is 1. The predicted octanol–water partition coefficient (Wildman–Crippen LogP) is 4.83. The van der Waals surface area contributed by atoms with Crippen LogP contribution >= 0.6 is 0 Å². The van der Waals surface area contributed by atoms with Crippen LogP contribution in [-0.2, 0) is 6.42 Å². The molecule has 0 aliphatic heterocycles. The van der Waals surface area contributed by atoms with Crippen molar-refractivity contribution in [2.45, 2.75) is 45.1 Å². The zero-order chi connectivity index (χ0) is 14.4. The molecule has 1 unspecified atom stereocenters. The molecule has 0 aliphatic rings. The monoisotopic (exact) mass is 267 g/mol. The summed E-state index contributed by atoms with van der Waals surface area (Å²) in [4.78, 5) is 0. The van der Waals surface area contributed by atoms with Gasteiger partial charge in [0.15, 0.2) is 0 Å². The molecule has 0 fully saturated rings. The van der Waals surface area contributed by atoms with E-state index in [1.807, 2.05) is 6.07 Å². The first kappa shape index (κ1) is 14.8. The Morgan fingerprint density at radius 3 is 2.10 bits per heavy atom. The molecule has 1 nitrogen and oxygen atoms in total. The van der Waals surface area contributed by atoms with Gasteiger partial charge in [0, 0.05) is 6.04 Å². The highest BCUT2D eigenvalue weighted by Crippen LogP contribution is 2.19. The quantitative estimate of drug-likeness (QED) is 0.796. The van der Waals surface area contributed by atoms with Crippen LogP contribution < -0.4 is 5.73 Å². The van der Waals surface area contributed by atoms with Crippen molar-refractivity contribution in [3.63, 3.8) is 0 Å².